The van der Waals surface area contributed by atoms with Crippen LogP contribution in [0, 0.1) is 5.82 Å². The van der Waals surface area contributed by atoms with Gasteiger partial charge in [-0.2, -0.15) is 0 Å². The molecule has 6 heteroatoms. The van der Waals surface area contributed by atoms with E-state index in [0.717, 1.165) is 0 Å². The van der Waals surface area contributed by atoms with Crippen LogP contribution in [0.3, 0.4) is 0 Å². The molecule has 0 aliphatic carbocycles. The number of nitrogens with two attached hydrogens (primary N) is 1. The molecule has 0 saturated heterocycles. The number of nitrogens with zero attached hydrogens (tertiary/aromatic N) is 1. The summed E-state index contributed by atoms with van der Waals surface area (Å²) in [6.07, 6.45) is 0. The van der Waals surface area contributed by atoms with Crippen molar-refractivity contribution in [1.82, 2.24) is 4.90 Å². The van der Waals surface area contributed by atoms with Crippen molar-refractivity contribution in [3.8, 4) is 5.75 Å². The second kappa shape index (κ2) is 5.79. The fraction of sp³-hybridized carbons (Fsp3) is 0.417. The van der Waals surface area contributed by atoms with E-state index in [1.165, 1.54) is 25.3 Å². The monoisotopic (exact) mass is 256 g/mol. The first-order valence-corrected chi connectivity index (χ1v) is 5.36. The van der Waals surface area contributed by atoms with Crippen LogP contribution < -0.4 is 10.5 Å². The number of aliphatic carboxylic acids is 1. The zero-order chi connectivity index (χ0) is 13.9. The summed E-state index contributed by atoms with van der Waals surface area (Å²) in [4.78, 5) is 12.6. The third-order valence-corrected chi connectivity index (χ3v) is 2.69. The average molecular weight is 256 g/mol. The van der Waals surface area contributed by atoms with Gasteiger partial charge in [-0.05, 0) is 32.3 Å². The quantitative estimate of drug-likeness (QED) is 0.816. The van der Waals surface area contributed by atoms with Crippen molar-refractivity contribution in [2.24, 2.45) is 5.73 Å². The Morgan fingerprint density at radius 3 is 2.56 bits per heavy atom. The molecular formula is C12H17FN2O3. The number of hydrogen-bond acceptors (Lipinski definition) is 4. The SMILES string of the molecule is COc1ccc(F)cc1C(C(N)C(=O)O)N(C)C. The predicted molar refractivity (Wildman–Crippen MR) is 65.0 cm³/mol. The van der Waals surface area contributed by atoms with E-state index in [4.69, 9.17) is 15.6 Å². The van der Waals surface area contributed by atoms with Crippen LogP contribution in [-0.2, 0) is 4.79 Å². The van der Waals surface area contributed by atoms with Crippen LogP contribution in [0.15, 0.2) is 18.2 Å². The molecule has 0 saturated carbocycles. The second-order valence-electron chi connectivity index (χ2n) is 4.16. The Hall–Kier alpha value is -1.66. The number of ether oxygens (including phenoxy) is 1. The highest BCUT2D eigenvalue weighted by molar-refractivity contribution is 5.74. The van der Waals surface area contributed by atoms with Gasteiger partial charge in [0.15, 0.2) is 0 Å². The Kier molecular flexibility index (Phi) is 4.63. The lowest BCUT2D eigenvalue weighted by atomic mass is 9.97. The smallest absolute Gasteiger partial charge is 0.322 e. The van der Waals surface area contributed by atoms with Crippen molar-refractivity contribution in [2.45, 2.75) is 12.1 Å². The van der Waals surface area contributed by atoms with Crippen LogP contribution in [0.25, 0.3) is 0 Å². The number of methoxy groups -OCH3 is 1. The van der Waals surface area contributed by atoms with Crippen LogP contribution >= 0.6 is 0 Å². The van der Waals surface area contributed by atoms with Gasteiger partial charge in [-0.3, -0.25) is 4.79 Å². The molecule has 0 amide bonds. The van der Waals surface area contributed by atoms with Crippen molar-refractivity contribution in [3.63, 3.8) is 0 Å². The van der Waals surface area contributed by atoms with Crippen molar-refractivity contribution in [2.75, 3.05) is 21.2 Å². The summed E-state index contributed by atoms with van der Waals surface area (Å²) in [6, 6.07) is 2.10. The lowest BCUT2D eigenvalue weighted by molar-refractivity contribution is -0.140. The molecule has 1 rings (SSSR count). The third kappa shape index (κ3) is 2.96. The average Bonchev–Trinajstić information content (AvgIpc) is 2.28. The van der Waals surface area contributed by atoms with E-state index < -0.39 is 23.9 Å². The molecule has 2 unspecified atom stereocenters. The van der Waals surface area contributed by atoms with E-state index in [2.05, 4.69) is 0 Å². The number of rotatable bonds is 5. The van der Waals surface area contributed by atoms with Gasteiger partial charge in [-0.1, -0.05) is 0 Å². The fourth-order valence-electron chi connectivity index (χ4n) is 1.86. The molecule has 0 aliphatic rings. The molecule has 0 aromatic heterocycles. The Bertz CT molecular complexity index is 437. The van der Waals surface area contributed by atoms with E-state index in [1.807, 2.05) is 0 Å². The summed E-state index contributed by atoms with van der Waals surface area (Å²) in [6.45, 7) is 0. The van der Waals surface area contributed by atoms with Gasteiger partial charge in [0.1, 0.15) is 17.6 Å². The first kappa shape index (κ1) is 14.4. The number of carbonyl (C=O) groups is 1. The Labute approximate surface area is 105 Å². The van der Waals surface area contributed by atoms with Gasteiger partial charge in [-0.25, -0.2) is 4.39 Å². The number of benzene rings is 1. The normalized spacial score (nSPS) is 14.3. The summed E-state index contributed by atoms with van der Waals surface area (Å²) < 4.78 is 18.4. The van der Waals surface area contributed by atoms with E-state index in [1.54, 1.807) is 19.0 Å². The van der Waals surface area contributed by atoms with Crippen LogP contribution in [-0.4, -0.2) is 43.2 Å². The maximum absolute atomic E-state index is 13.3. The molecule has 0 fully saturated rings. The van der Waals surface area contributed by atoms with Gasteiger partial charge in [-0.15, -0.1) is 0 Å². The summed E-state index contributed by atoms with van der Waals surface area (Å²) in [7, 11) is 4.80. The zero-order valence-corrected chi connectivity index (χ0v) is 10.6. The summed E-state index contributed by atoms with van der Waals surface area (Å²) in [5.41, 5.74) is 6.06. The third-order valence-electron chi connectivity index (χ3n) is 2.69. The van der Waals surface area contributed by atoms with E-state index in [0.29, 0.717) is 11.3 Å². The summed E-state index contributed by atoms with van der Waals surface area (Å²) in [5, 5.41) is 9.01. The maximum atomic E-state index is 13.3. The molecule has 18 heavy (non-hydrogen) atoms. The Morgan fingerprint density at radius 2 is 2.11 bits per heavy atom. The Morgan fingerprint density at radius 1 is 1.50 bits per heavy atom. The van der Waals surface area contributed by atoms with Crippen LogP contribution in [0.4, 0.5) is 4.39 Å². The molecule has 0 spiro atoms. The molecule has 5 nitrogen and oxygen atoms in total. The van der Waals surface area contributed by atoms with Gasteiger partial charge < -0.3 is 20.5 Å². The lowest BCUT2D eigenvalue weighted by Crippen LogP contribution is -2.43. The first-order valence-electron chi connectivity index (χ1n) is 5.36. The molecule has 1 aromatic carbocycles. The standard InChI is InChI=1S/C12H17FN2O3/c1-15(2)11(10(14)12(16)17)8-6-7(13)4-5-9(8)18-3/h4-6,10-11H,14H2,1-3H3,(H,16,17). The minimum absolute atomic E-state index is 0.409. The molecule has 3 N–H and O–H groups in total. The van der Waals surface area contributed by atoms with Gasteiger partial charge in [0, 0.05) is 5.56 Å². The highest BCUT2D eigenvalue weighted by Crippen LogP contribution is 2.30. The molecule has 0 aliphatic heterocycles. The summed E-state index contributed by atoms with van der Waals surface area (Å²) in [5.74, 6) is -1.21. The van der Waals surface area contributed by atoms with E-state index >= 15 is 0 Å². The molecule has 100 valence electrons. The molecular weight excluding hydrogens is 239 g/mol. The molecule has 0 radical (unpaired) electrons. The highest BCUT2D eigenvalue weighted by Gasteiger charge is 2.30. The Balaban J connectivity index is 3.28. The van der Waals surface area contributed by atoms with Crippen molar-refractivity contribution in [3.05, 3.63) is 29.6 Å². The fourth-order valence-corrected chi connectivity index (χ4v) is 1.86. The van der Waals surface area contributed by atoms with E-state index in [9.17, 15) is 9.18 Å². The minimum atomic E-state index is -1.17. The topological polar surface area (TPSA) is 75.8 Å². The van der Waals surface area contributed by atoms with Crippen LogP contribution in [0.1, 0.15) is 11.6 Å². The van der Waals surface area contributed by atoms with Gasteiger partial charge in [0.05, 0.1) is 13.2 Å². The number of likely N-dealkylation sites (N-methyl/N-ethyl adjacent to an activating group) is 1. The first-order chi connectivity index (χ1) is 8.38. The predicted octanol–water partition coefficient (Wildman–Crippen LogP) is 0.849. The largest absolute Gasteiger partial charge is 0.496 e. The van der Waals surface area contributed by atoms with Crippen LogP contribution in [0.5, 0.6) is 5.75 Å². The van der Waals surface area contributed by atoms with Gasteiger partial charge in [0.2, 0.25) is 0 Å². The zero-order valence-electron chi connectivity index (χ0n) is 10.6. The maximum Gasteiger partial charge on any atom is 0.322 e. The lowest BCUT2D eigenvalue weighted by Gasteiger charge is -2.29. The minimum Gasteiger partial charge on any atom is -0.496 e. The van der Waals surface area contributed by atoms with E-state index in [-0.39, 0.29) is 0 Å². The van der Waals surface area contributed by atoms with Gasteiger partial charge in [0.25, 0.3) is 0 Å². The number of carboxylic acid groups (broad SMARTS) is 1. The summed E-state index contributed by atoms with van der Waals surface area (Å²) >= 11 is 0. The number of halogens is 1. The van der Waals surface area contributed by atoms with Crippen LogP contribution in [0.2, 0.25) is 0 Å². The second-order valence-corrected chi connectivity index (χ2v) is 4.16. The van der Waals surface area contributed by atoms with Crippen molar-refractivity contribution in [1.29, 1.82) is 0 Å². The molecule has 0 heterocycles. The van der Waals surface area contributed by atoms with Crippen molar-refractivity contribution < 1.29 is 19.0 Å². The molecule has 2 atom stereocenters. The molecule has 0 bridgehead atoms. The van der Waals surface area contributed by atoms with Gasteiger partial charge >= 0.3 is 5.97 Å². The molecule has 1 aromatic rings. The van der Waals surface area contributed by atoms with Crippen molar-refractivity contribution >= 4 is 5.97 Å². The number of hydrogen-bond donors (Lipinski definition) is 2. The number of carboxylic acids is 1. The highest BCUT2D eigenvalue weighted by atomic mass is 19.1.